The highest BCUT2D eigenvalue weighted by Gasteiger charge is 1.95. The summed E-state index contributed by atoms with van der Waals surface area (Å²) in [7, 11) is 0. The van der Waals surface area contributed by atoms with E-state index < -0.39 is 0 Å². The zero-order valence-corrected chi connectivity index (χ0v) is 7.17. The van der Waals surface area contributed by atoms with Crippen LogP contribution in [0, 0.1) is 11.3 Å². The summed E-state index contributed by atoms with van der Waals surface area (Å²) in [5.41, 5.74) is 2.93. The Labute approximate surface area is 73.0 Å². The molecular weight excluding hydrogens is 146 g/mol. The molecule has 0 saturated heterocycles. The normalized spacial score (nSPS) is 9.00. The molecule has 12 heavy (non-hydrogen) atoms. The highest BCUT2D eigenvalue weighted by atomic mass is 14.2. The molecule has 60 valence electrons. The number of allylic oxidation sites excluding steroid dienone is 1. The van der Waals surface area contributed by atoms with Gasteiger partial charge in [0.15, 0.2) is 0 Å². The Morgan fingerprint density at radius 2 is 2.00 bits per heavy atom. The van der Waals surface area contributed by atoms with E-state index in [1.54, 1.807) is 0 Å². The molecule has 0 aliphatic heterocycles. The smallest absolute Gasteiger partial charge is 0.0991 e. The number of rotatable bonds is 2. The number of nitriles is 1. The lowest BCUT2D eigenvalue weighted by Crippen LogP contribution is -1.81. The molecule has 0 aliphatic rings. The van der Waals surface area contributed by atoms with Crippen LogP contribution in [0.4, 0.5) is 0 Å². The molecule has 0 amide bonds. The Hall–Kier alpha value is -1.55. The second-order valence-corrected chi connectivity index (χ2v) is 2.65. The third-order valence-corrected chi connectivity index (χ3v) is 1.85. The van der Waals surface area contributed by atoms with Gasteiger partial charge in [-0.2, -0.15) is 5.26 Å². The Morgan fingerprint density at radius 3 is 2.42 bits per heavy atom. The van der Waals surface area contributed by atoms with Gasteiger partial charge in [-0.05, 0) is 29.7 Å². The SMILES string of the molecule is C=C(CC)c1ccc(C#N)cc1. The maximum absolute atomic E-state index is 8.55. The van der Waals surface area contributed by atoms with E-state index in [0.717, 1.165) is 17.6 Å². The van der Waals surface area contributed by atoms with Gasteiger partial charge >= 0.3 is 0 Å². The molecule has 0 radical (unpaired) electrons. The molecular formula is C11H11N. The molecule has 0 spiro atoms. The first-order valence-corrected chi connectivity index (χ1v) is 3.96. The highest BCUT2D eigenvalue weighted by molar-refractivity contribution is 5.63. The van der Waals surface area contributed by atoms with Gasteiger partial charge in [-0.15, -0.1) is 0 Å². The van der Waals surface area contributed by atoms with Crippen molar-refractivity contribution in [3.8, 4) is 6.07 Å². The first kappa shape index (κ1) is 8.55. The van der Waals surface area contributed by atoms with E-state index in [0.29, 0.717) is 5.56 Å². The van der Waals surface area contributed by atoms with Crippen molar-refractivity contribution in [3.05, 3.63) is 42.0 Å². The summed E-state index contributed by atoms with van der Waals surface area (Å²) in [6, 6.07) is 9.58. The fraction of sp³-hybridized carbons (Fsp3) is 0.182. The molecule has 0 saturated carbocycles. The fourth-order valence-corrected chi connectivity index (χ4v) is 0.985. The minimum Gasteiger partial charge on any atom is -0.192 e. The lowest BCUT2D eigenvalue weighted by molar-refractivity contribution is 1.24. The Kier molecular flexibility index (Phi) is 2.66. The third-order valence-electron chi connectivity index (χ3n) is 1.85. The van der Waals surface area contributed by atoms with Crippen LogP contribution < -0.4 is 0 Å². The molecule has 0 fully saturated rings. The molecule has 0 N–H and O–H groups in total. The van der Waals surface area contributed by atoms with Crippen LogP contribution >= 0.6 is 0 Å². The van der Waals surface area contributed by atoms with Gasteiger partial charge in [0, 0.05) is 0 Å². The summed E-state index contributed by atoms with van der Waals surface area (Å²) in [5.74, 6) is 0. The second-order valence-electron chi connectivity index (χ2n) is 2.65. The first-order chi connectivity index (χ1) is 5.77. The fourth-order valence-electron chi connectivity index (χ4n) is 0.985. The van der Waals surface area contributed by atoms with Crippen molar-refractivity contribution >= 4 is 5.57 Å². The third kappa shape index (κ3) is 1.73. The lowest BCUT2D eigenvalue weighted by Gasteiger charge is -2.00. The van der Waals surface area contributed by atoms with Crippen LogP contribution in [0.3, 0.4) is 0 Å². The average Bonchev–Trinajstić information content (AvgIpc) is 2.17. The van der Waals surface area contributed by atoms with Gasteiger partial charge in [0.25, 0.3) is 0 Å². The predicted molar refractivity (Wildman–Crippen MR) is 50.5 cm³/mol. The highest BCUT2D eigenvalue weighted by Crippen LogP contribution is 2.15. The molecule has 1 nitrogen and oxygen atoms in total. The minimum absolute atomic E-state index is 0.697. The van der Waals surface area contributed by atoms with E-state index in [1.165, 1.54) is 0 Å². The van der Waals surface area contributed by atoms with E-state index >= 15 is 0 Å². The molecule has 1 aromatic rings. The summed E-state index contributed by atoms with van der Waals surface area (Å²) in [4.78, 5) is 0. The van der Waals surface area contributed by atoms with E-state index in [1.807, 2.05) is 24.3 Å². The zero-order valence-electron chi connectivity index (χ0n) is 7.17. The van der Waals surface area contributed by atoms with Crippen molar-refractivity contribution < 1.29 is 0 Å². The zero-order chi connectivity index (χ0) is 8.97. The van der Waals surface area contributed by atoms with Gasteiger partial charge < -0.3 is 0 Å². The van der Waals surface area contributed by atoms with Crippen LogP contribution in [-0.4, -0.2) is 0 Å². The van der Waals surface area contributed by atoms with E-state index in [4.69, 9.17) is 5.26 Å². The van der Waals surface area contributed by atoms with Crippen LogP contribution in [0.25, 0.3) is 5.57 Å². The van der Waals surface area contributed by atoms with Gasteiger partial charge in [0.1, 0.15) is 0 Å². The second kappa shape index (κ2) is 3.73. The predicted octanol–water partition coefficient (Wildman–Crippen LogP) is 2.98. The lowest BCUT2D eigenvalue weighted by atomic mass is 10.0. The molecule has 1 rings (SSSR count). The van der Waals surface area contributed by atoms with E-state index in [2.05, 4.69) is 19.6 Å². The van der Waals surface area contributed by atoms with Crippen molar-refractivity contribution in [2.24, 2.45) is 0 Å². The number of hydrogen-bond acceptors (Lipinski definition) is 1. The standard InChI is InChI=1S/C11H11N/c1-3-9(2)11-6-4-10(8-12)5-7-11/h4-7H,2-3H2,1H3. The van der Waals surface area contributed by atoms with Crippen molar-refractivity contribution in [2.45, 2.75) is 13.3 Å². The quantitative estimate of drug-likeness (QED) is 0.647. The van der Waals surface area contributed by atoms with Crippen LogP contribution in [0.15, 0.2) is 30.8 Å². The molecule has 0 atom stereocenters. The van der Waals surface area contributed by atoms with Crippen LogP contribution in [0.2, 0.25) is 0 Å². The molecule has 0 aliphatic carbocycles. The summed E-state index contributed by atoms with van der Waals surface area (Å²) in [6.45, 7) is 5.99. The van der Waals surface area contributed by atoms with Crippen LogP contribution in [-0.2, 0) is 0 Å². The summed E-state index contributed by atoms with van der Waals surface area (Å²) in [6.07, 6.45) is 0.950. The Balaban J connectivity index is 2.94. The van der Waals surface area contributed by atoms with Crippen LogP contribution in [0.5, 0.6) is 0 Å². The molecule has 1 aromatic carbocycles. The number of nitrogens with zero attached hydrogens (tertiary/aromatic N) is 1. The maximum atomic E-state index is 8.55. The van der Waals surface area contributed by atoms with Crippen molar-refractivity contribution in [3.63, 3.8) is 0 Å². The van der Waals surface area contributed by atoms with Crippen molar-refractivity contribution in [1.29, 1.82) is 5.26 Å². The van der Waals surface area contributed by atoms with Gasteiger partial charge in [0.05, 0.1) is 11.6 Å². The molecule has 0 bridgehead atoms. The van der Waals surface area contributed by atoms with E-state index in [9.17, 15) is 0 Å². The number of hydrogen-bond donors (Lipinski definition) is 0. The summed E-state index contributed by atoms with van der Waals surface area (Å²) >= 11 is 0. The van der Waals surface area contributed by atoms with Crippen molar-refractivity contribution in [1.82, 2.24) is 0 Å². The van der Waals surface area contributed by atoms with Gasteiger partial charge in [0.2, 0.25) is 0 Å². The molecule has 0 unspecified atom stereocenters. The average molecular weight is 157 g/mol. The summed E-state index contributed by atoms with van der Waals surface area (Å²) in [5, 5.41) is 8.55. The molecule has 0 aromatic heterocycles. The van der Waals surface area contributed by atoms with Crippen molar-refractivity contribution in [2.75, 3.05) is 0 Å². The van der Waals surface area contributed by atoms with E-state index in [-0.39, 0.29) is 0 Å². The van der Waals surface area contributed by atoms with Gasteiger partial charge in [-0.3, -0.25) is 0 Å². The summed E-state index contributed by atoms with van der Waals surface area (Å²) < 4.78 is 0. The maximum Gasteiger partial charge on any atom is 0.0991 e. The monoisotopic (exact) mass is 157 g/mol. The Morgan fingerprint density at radius 1 is 1.42 bits per heavy atom. The topological polar surface area (TPSA) is 23.8 Å². The Bertz CT molecular complexity index is 314. The van der Waals surface area contributed by atoms with Gasteiger partial charge in [-0.25, -0.2) is 0 Å². The number of benzene rings is 1. The largest absolute Gasteiger partial charge is 0.192 e. The first-order valence-electron chi connectivity index (χ1n) is 3.96. The minimum atomic E-state index is 0.697. The molecule has 1 heteroatoms. The van der Waals surface area contributed by atoms with Gasteiger partial charge in [-0.1, -0.05) is 25.6 Å². The van der Waals surface area contributed by atoms with Crippen LogP contribution in [0.1, 0.15) is 24.5 Å². The molecule has 0 heterocycles.